The number of hydrogen-bond donors (Lipinski definition) is 3. The first-order valence-corrected chi connectivity index (χ1v) is 10.3. The summed E-state index contributed by atoms with van der Waals surface area (Å²) in [5.41, 5.74) is 0. The first kappa shape index (κ1) is 22.7. The summed E-state index contributed by atoms with van der Waals surface area (Å²) < 4.78 is 5.32. The van der Waals surface area contributed by atoms with Crippen LogP contribution >= 0.6 is 24.0 Å². The highest BCUT2D eigenvalue weighted by Crippen LogP contribution is 2.27. The van der Waals surface area contributed by atoms with Crippen molar-refractivity contribution in [1.82, 2.24) is 25.8 Å². The second kappa shape index (κ2) is 12.8. The number of hydrogen-bond acceptors (Lipinski definition) is 4. The lowest BCUT2D eigenvalue weighted by Crippen LogP contribution is -2.38. The highest BCUT2D eigenvalue weighted by molar-refractivity contribution is 14.0. The van der Waals surface area contributed by atoms with Gasteiger partial charge in [0, 0.05) is 26.1 Å². The molecule has 2 heterocycles. The van der Waals surface area contributed by atoms with Gasteiger partial charge in [-0.1, -0.05) is 32.1 Å². The standard InChI is InChI=1S/C20H32N6O.HI/c1-2-21-20(22-13-6-10-16-8-4-3-5-9-16)23-14-12-18-24-19(26-25-18)17-11-7-15-27-17;/h7,11,15-16H,2-6,8-10,12-14H2,1H3,(H2,21,22,23)(H,24,25,26);1H. The van der Waals surface area contributed by atoms with E-state index in [9.17, 15) is 0 Å². The lowest BCUT2D eigenvalue weighted by atomic mass is 9.86. The van der Waals surface area contributed by atoms with E-state index in [0.717, 1.165) is 43.8 Å². The van der Waals surface area contributed by atoms with Gasteiger partial charge < -0.3 is 15.1 Å². The van der Waals surface area contributed by atoms with Crippen LogP contribution in [-0.2, 0) is 6.42 Å². The van der Waals surface area contributed by atoms with Gasteiger partial charge >= 0.3 is 0 Å². The fraction of sp³-hybridized carbons (Fsp3) is 0.650. The summed E-state index contributed by atoms with van der Waals surface area (Å²) in [6.45, 7) is 4.59. The summed E-state index contributed by atoms with van der Waals surface area (Å²) in [7, 11) is 0. The normalized spacial score (nSPS) is 15.2. The summed E-state index contributed by atoms with van der Waals surface area (Å²) >= 11 is 0. The number of guanidine groups is 1. The second-order valence-electron chi connectivity index (χ2n) is 7.17. The smallest absolute Gasteiger partial charge is 0.216 e. The fourth-order valence-electron chi connectivity index (χ4n) is 3.61. The molecule has 0 spiro atoms. The number of aliphatic imine (C=N–C) groups is 1. The molecule has 0 unspecified atom stereocenters. The van der Waals surface area contributed by atoms with Gasteiger partial charge in [0.15, 0.2) is 11.7 Å². The predicted molar refractivity (Wildman–Crippen MR) is 123 cm³/mol. The Morgan fingerprint density at radius 2 is 2.14 bits per heavy atom. The molecule has 3 N–H and O–H groups in total. The van der Waals surface area contributed by atoms with E-state index >= 15 is 0 Å². The van der Waals surface area contributed by atoms with Crippen LogP contribution in [0.1, 0.15) is 57.7 Å². The molecule has 0 saturated heterocycles. The third kappa shape index (κ3) is 7.44. The molecule has 0 radical (unpaired) electrons. The number of furan rings is 1. The van der Waals surface area contributed by atoms with E-state index in [1.165, 1.54) is 44.9 Å². The Kier molecular flexibility index (Phi) is 10.4. The highest BCUT2D eigenvalue weighted by Gasteiger charge is 2.12. The summed E-state index contributed by atoms with van der Waals surface area (Å²) in [6.07, 6.45) is 12.0. The molecular weight excluding hydrogens is 467 g/mol. The number of halogens is 1. The lowest BCUT2D eigenvalue weighted by molar-refractivity contribution is 0.334. The van der Waals surface area contributed by atoms with Gasteiger partial charge in [-0.15, -0.1) is 24.0 Å². The van der Waals surface area contributed by atoms with Crippen LogP contribution in [0, 0.1) is 5.92 Å². The minimum Gasteiger partial charge on any atom is -0.461 e. The molecule has 1 fully saturated rings. The van der Waals surface area contributed by atoms with Crippen molar-refractivity contribution in [2.45, 2.75) is 58.3 Å². The second-order valence-corrected chi connectivity index (χ2v) is 7.17. The van der Waals surface area contributed by atoms with Gasteiger partial charge in [0.2, 0.25) is 5.82 Å². The Bertz CT molecular complexity index is 679. The zero-order valence-electron chi connectivity index (χ0n) is 16.7. The average Bonchev–Trinajstić information content (AvgIpc) is 3.38. The maximum Gasteiger partial charge on any atom is 0.216 e. The van der Waals surface area contributed by atoms with E-state index in [1.54, 1.807) is 6.26 Å². The van der Waals surface area contributed by atoms with Crippen LogP contribution in [0.25, 0.3) is 11.6 Å². The van der Waals surface area contributed by atoms with E-state index in [2.05, 4.69) is 32.7 Å². The van der Waals surface area contributed by atoms with Crippen molar-refractivity contribution in [3.05, 3.63) is 24.2 Å². The first-order valence-electron chi connectivity index (χ1n) is 10.3. The summed E-state index contributed by atoms with van der Waals surface area (Å²) in [5, 5.41) is 13.9. The number of H-pyrrole nitrogens is 1. The third-order valence-corrected chi connectivity index (χ3v) is 5.04. The quantitative estimate of drug-likeness (QED) is 0.208. The molecule has 0 atom stereocenters. The van der Waals surface area contributed by atoms with Crippen molar-refractivity contribution in [3.63, 3.8) is 0 Å². The lowest BCUT2D eigenvalue weighted by Gasteiger charge is -2.20. The van der Waals surface area contributed by atoms with Crippen LogP contribution in [0.15, 0.2) is 27.8 Å². The van der Waals surface area contributed by atoms with E-state index in [1.807, 2.05) is 12.1 Å². The number of aromatic amines is 1. The van der Waals surface area contributed by atoms with Crippen LogP contribution in [0.5, 0.6) is 0 Å². The van der Waals surface area contributed by atoms with Crippen molar-refractivity contribution in [2.24, 2.45) is 10.9 Å². The third-order valence-electron chi connectivity index (χ3n) is 5.04. The van der Waals surface area contributed by atoms with E-state index in [0.29, 0.717) is 11.6 Å². The Labute approximate surface area is 184 Å². The summed E-state index contributed by atoms with van der Waals surface area (Å²) in [5.74, 6) is 3.92. The van der Waals surface area contributed by atoms with Crippen LogP contribution in [0.2, 0.25) is 0 Å². The largest absolute Gasteiger partial charge is 0.461 e. The Morgan fingerprint density at radius 3 is 2.89 bits per heavy atom. The Balaban J connectivity index is 0.00000280. The van der Waals surface area contributed by atoms with E-state index in [4.69, 9.17) is 9.41 Å². The Hall–Kier alpha value is -1.58. The summed E-state index contributed by atoms with van der Waals surface area (Å²) in [4.78, 5) is 9.17. The Morgan fingerprint density at radius 1 is 1.29 bits per heavy atom. The van der Waals surface area contributed by atoms with Gasteiger partial charge in [0.25, 0.3) is 0 Å². The molecule has 0 bridgehead atoms. The van der Waals surface area contributed by atoms with E-state index < -0.39 is 0 Å². The predicted octanol–water partition coefficient (Wildman–Crippen LogP) is 4.14. The molecule has 0 aromatic carbocycles. The molecule has 1 aliphatic carbocycles. The summed E-state index contributed by atoms with van der Waals surface area (Å²) in [6, 6.07) is 3.69. The molecular formula is C20H33IN6O. The molecule has 0 amide bonds. The van der Waals surface area contributed by atoms with Crippen LogP contribution in [-0.4, -0.2) is 40.8 Å². The average molecular weight is 500 g/mol. The number of rotatable bonds is 9. The monoisotopic (exact) mass is 500 g/mol. The molecule has 28 heavy (non-hydrogen) atoms. The molecule has 0 aliphatic heterocycles. The molecule has 156 valence electrons. The van der Waals surface area contributed by atoms with Gasteiger partial charge in [0.05, 0.1) is 6.26 Å². The van der Waals surface area contributed by atoms with Gasteiger partial charge in [-0.25, -0.2) is 4.98 Å². The topological polar surface area (TPSA) is 91.1 Å². The van der Waals surface area contributed by atoms with Crippen molar-refractivity contribution >= 4 is 29.9 Å². The number of nitrogens with zero attached hydrogens (tertiary/aromatic N) is 3. The van der Waals surface area contributed by atoms with Gasteiger partial charge in [-0.3, -0.25) is 10.1 Å². The van der Waals surface area contributed by atoms with Gasteiger partial charge in [-0.2, -0.15) is 5.10 Å². The number of aromatic nitrogens is 3. The van der Waals surface area contributed by atoms with Gasteiger partial charge in [-0.05, 0) is 37.8 Å². The zero-order chi connectivity index (χ0) is 18.7. The molecule has 1 saturated carbocycles. The molecule has 1 aliphatic rings. The van der Waals surface area contributed by atoms with Crippen molar-refractivity contribution in [1.29, 1.82) is 0 Å². The molecule has 3 rings (SSSR count). The molecule has 2 aromatic rings. The molecule has 7 nitrogen and oxygen atoms in total. The van der Waals surface area contributed by atoms with Crippen molar-refractivity contribution in [3.8, 4) is 11.6 Å². The number of nitrogens with one attached hydrogen (secondary N) is 3. The van der Waals surface area contributed by atoms with Crippen LogP contribution in [0.3, 0.4) is 0 Å². The SMILES string of the molecule is CCNC(=NCCCC1CCCCC1)NCCc1nc(-c2ccco2)n[nH]1.I. The minimum atomic E-state index is 0. The van der Waals surface area contributed by atoms with Crippen LogP contribution in [0.4, 0.5) is 0 Å². The van der Waals surface area contributed by atoms with Crippen LogP contribution < -0.4 is 10.6 Å². The van der Waals surface area contributed by atoms with Gasteiger partial charge in [0.1, 0.15) is 5.82 Å². The first-order chi connectivity index (χ1) is 13.3. The van der Waals surface area contributed by atoms with E-state index in [-0.39, 0.29) is 24.0 Å². The maximum atomic E-state index is 5.32. The van der Waals surface area contributed by atoms with Crippen molar-refractivity contribution in [2.75, 3.05) is 19.6 Å². The maximum absolute atomic E-state index is 5.32. The minimum absolute atomic E-state index is 0. The van der Waals surface area contributed by atoms with Crippen molar-refractivity contribution < 1.29 is 4.42 Å². The molecule has 8 heteroatoms. The highest BCUT2D eigenvalue weighted by atomic mass is 127. The fourth-order valence-corrected chi connectivity index (χ4v) is 3.61. The molecule has 2 aromatic heterocycles. The zero-order valence-corrected chi connectivity index (χ0v) is 19.1.